The monoisotopic (exact) mass is 296 g/mol. The van der Waals surface area contributed by atoms with Gasteiger partial charge in [-0.15, -0.1) is 0 Å². The molecule has 0 bridgehead atoms. The van der Waals surface area contributed by atoms with Crippen molar-refractivity contribution in [1.82, 2.24) is 0 Å². The maximum Gasteiger partial charge on any atom is 0.330 e. The summed E-state index contributed by atoms with van der Waals surface area (Å²) >= 11 is 0. The van der Waals surface area contributed by atoms with E-state index < -0.39 is 16.1 Å². The molecule has 0 aromatic heterocycles. The number of esters is 1. The standard InChI is InChI=1S/C8H8O3S.C6H8O2/c9-12(10,11)7-6-8-4-2-1-3-5-8;1-3-5-8-6(7)4-2/h1-7H,(H,9,10,11);3-4H,1-2,5H2. The van der Waals surface area contributed by atoms with Crippen LogP contribution < -0.4 is 0 Å². The quantitative estimate of drug-likeness (QED) is 0.391. The highest BCUT2D eigenvalue weighted by Gasteiger charge is 1.94. The van der Waals surface area contributed by atoms with Gasteiger partial charge in [-0.05, 0) is 11.6 Å². The SMILES string of the molecule is C=CCOC(=O)C=C.O=S(=O)(O)C=Cc1ccccc1. The number of hydrogen-bond donors (Lipinski definition) is 1. The van der Waals surface area contributed by atoms with E-state index >= 15 is 0 Å². The van der Waals surface area contributed by atoms with Crippen LogP contribution in [0.4, 0.5) is 0 Å². The first-order valence-corrected chi connectivity index (χ1v) is 7.00. The predicted octanol–water partition coefficient (Wildman–Crippen LogP) is 2.45. The summed E-state index contributed by atoms with van der Waals surface area (Å²) in [7, 11) is -4.00. The van der Waals surface area contributed by atoms with E-state index in [1.165, 1.54) is 12.2 Å². The van der Waals surface area contributed by atoms with E-state index in [0.717, 1.165) is 17.0 Å². The molecule has 0 unspecified atom stereocenters. The second-order valence-electron chi connectivity index (χ2n) is 3.35. The molecule has 20 heavy (non-hydrogen) atoms. The van der Waals surface area contributed by atoms with Gasteiger partial charge in [-0.25, -0.2) is 4.79 Å². The zero-order valence-corrected chi connectivity index (χ0v) is 11.6. The Balaban J connectivity index is 0.000000396. The van der Waals surface area contributed by atoms with Crippen LogP contribution in [0.2, 0.25) is 0 Å². The van der Waals surface area contributed by atoms with Crippen LogP contribution in [0.5, 0.6) is 0 Å². The smallest absolute Gasteiger partial charge is 0.330 e. The van der Waals surface area contributed by atoms with E-state index in [0.29, 0.717) is 0 Å². The summed E-state index contributed by atoms with van der Waals surface area (Å²) in [5.74, 6) is -0.412. The molecule has 0 radical (unpaired) electrons. The minimum Gasteiger partial charge on any atom is -0.458 e. The number of benzene rings is 1. The van der Waals surface area contributed by atoms with E-state index in [1.807, 2.05) is 6.07 Å². The lowest BCUT2D eigenvalue weighted by Gasteiger charge is -1.92. The molecule has 0 fully saturated rings. The van der Waals surface area contributed by atoms with Crippen LogP contribution in [0.25, 0.3) is 6.08 Å². The highest BCUT2D eigenvalue weighted by Crippen LogP contribution is 2.01. The topological polar surface area (TPSA) is 80.7 Å². The Morgan fingerprint density at radius 3 is 2.30 bits per heavy atom. The van der Waals surface area contributed by atoms with Gasteiger partial charge >= 0.3 is 5.97 Å². The van der Waals surface area contributed by atoms with Crippen LogP contribution in [-0.2, 0) is 19.6 Å². The molecule has 0 saturated heterocycles. The molecule has 0 saturated carbocycles. The summed E-state index contributed by atoms with van der Waals surface area (Å²) in [5, 5.41) is 0.752. The van der Waals surface area contributed by atoms with E-state index in [4.69, 9.17) is 4.55 Å². The number of carbonyl (C=O) groups excluding carboxylic acids is 1. The molecule has 1 aromatic carbocycles. The fraction of sp³-hybridized carbons (Fsp3) is 0.0714. The Hall–Kier alpha value is -2.18. The van der Waals surface area contributed by atoms with Gasteiger partial charge in [0.2, 0.25) is 0 Å². The van der Waals surface area contributed by atoms with Crippen LogP contribution >= 0.6 is 0 Å². The molecule has 1 aromatic rings. The highest BCUT2D eigenvalue weighted by molar-refractivity contribution is 7.88. The maximum absolute atomic E-state index is 10.3. The second kappa shape index (κ2) is 9.71. The van der Waals surface area contributed by atoms with Gasteiger partial charge < -0.3 is 4.74 Å². The van der Waals surface area contributed by atoms with Crippen molar-refractivity contribution in [3.63, 3.8) is 0 Å². The van der Waals surface area contributed by atoms with Crippen molar-refractivity contribution in [1.29, 1.82) is 0 Å². The third-order valence-electron chi connectivity index (χ3n) is 1.74. The molecule has 1 rings (SSSR count). The van der Waals surface area contributed by atoms with Crippen molar-refractivity contribution in [3.05, 3.63) is 66.6 Å². The minimum absolute atomic E-state index is 0.255. The first-order valence-electron chi connectivity index (χ1n) is 5.49. The first kappa shape index (κ1) is 17.8. The van der Waals surface area contributed by atoms with Crippen molar-refractivity contribution in [3.8, 4) is 0 Å². The summed E-state index contributed by atoms with van der Waals surface area (Å²) in [6.45, 7) is 6.81. The molecular weight excluding hydrogens is 280 g/mol. The number of hydrogen-bond acceptors (Lipinski definition) is 4. The van der Waals surface area contributed by atoms with Gasteiger partial charge in [0, 0.05) is 6.08 Å². The highest BCUT2D eigenvalue weighted by atomic mass is 32.2. The van der Waals surface area contributed by atoms with Crippen LogP contribution in [-0.4, -0.2) is 25.5 Å². The Bertz CT molecular complexity index is 558. The fourth-order valence-electron chi connectivity index (χ4n) is 0.929. The van der Waals surface area contributed by atoms with Crippen LogP contribution in [0.1, 0.15) is 5.56 Å². The second-order valence-corrected chi connectivity index (χ2v) is 4.65. The molecule has 1 N–H and O–H groups in total. The first-order chi connectivity index (χ1) is 9.39. The maximum atomic E-state index is 10.3. The Labute approximate surface area is 118 Å². The van der Waals surface area contributed by atoms with E-state index in [9.17, 15) is 13.2 Å². The van der Waals surface area contributed by atoms with Gasteiger partial charge in [-0.1, -0.05) is 49.6 Å². The molecule has 0 aliphatic heterocycles. The number of rotatable bonds is 5. The minimum atomic E-state index is -4.00. The third-order valence-corrected chi connectivity index (χ3v) is 2.22. The van der Waals surface area contributed by atoms with Crippen molar-refractivity contribution in [2.75, 3.05) is 6.61 Å². The van der Waals surface area contributed by atoms with E-state index in [1.54, 1.807) is 24.3 Å². The van der Waals surface area contributed by atoms with Crippen LogP contribution in [0.3, 0.4) is 0 Å². The third kappa shape index (κ3) is 10.9. The largest absolute Gasteiger partial charge is 0.458 e. The summed E-state index contributed by atoms with van der Waals surface area (Å²) in [5.41, 5.74) is 0.732. The molecule has 5 nitrogen and oxygen atoms in total. The molecule has 6 heteroatoms. The molecule has 0 aliphatic rings. The Kier molecular flexibility index (Phi) is 8.65. The van der Waals surface area contributed by atoms with Crippen molar-refractivity contribution in [2.24, 2.45) is 0 Å². The van der Waals surface area contributed by atoms with Gasteiger partial charge in [0.1, 0.15) is 6.61 Å². The Morgan fingerprint density at radius 1 is 1.25 bits per heavy atom. The predicted molar refractivity (Wildman–Crippen MR) is 78.4 cm³/mol. The van der Waals surface area contributed by atoms with Gasteiger partial charge in [0.05, 0.1) is 5.41 Å². The Morgan fingerprint density at radius 2 is 1.85 bits per heavy atom. The summed E-state index contributed by atoms with van der Waals surface area (Å²) in [6, 6.07) is 8.86. The van der Waals surface area contributed by atoms with Crippen LogP contribution in [0, 0.1) is 0 Å². The number of ether oxygens (including phenoxy) is 1. The number of carbonyl (C=O) groups is 1. The normalized spacial score (nSPS) is 10.2. The molecule has 108 valence electrons. The van der Waals surface area contributed by atoms with Crippen molar-refractivity contribution in [2.45, 2.75) is 0 Å². The lowest BCUT2D eigenvalue weighted by molar-refractivity contribution is -0.136. The van der Waals surface area contributed by atoms with Crippen molar-refractivity contribution >= 4 is 22.2 Å². The molecule has 0 aliphatic carbocycles. The lowest BCUT2D eigenvalue weighted by atomic mass is 10.2. The summed E-state index contributed by atoms with van der Waals surface area (Å²) in [6.07, 6.45) is 3.94. The zero-order valence-electron chi connectivity index (χ0n) is 10.8. The van der Waals surface area contributed by atoms with Crippen molar-refractivity contribution < 1.29 is 22.5 Å². The van der Waals surface area contributed by atoms with Gasteiger partial charge in [0.25, 0.3) is 10.1 Å². The van der Waals surface area contributed by atoms with E-state index in [-0.39, 0.29) is 6.61 Å². The van der Waals surface area contributed by atoms with Gasteiger partial charge in [0.15, 0.2) is 0 Å². The summed E-state index contributed by atoms with van der Waals surface area (Å²) < 4.78 is 33.4. The molecule has 0 amide bonds. The van der Waals surface area contributed by atoms with Gasteiger partial charge in [-0.2, -0.15) is 8.42 Å². The van der Waals surface area contributed by atoms with Gasteiger partial charge in [-0.3, -0.25) is 4.55 Å². The summed E-state index contributed by atoms with van der Waals surface area (Å²) in [4.78, 5) is 10.2. The molecule has 0 spiro atoms. The van der Waals surface area contributed by atoms with E-state index in [2.05, 4.69) is 17.9 Å². The molecule has 0 heterocycles. The van der Waals surface area contributed by atoms with Crippen LogP contribution in [0.15, 0.2) is 61.0 Å². The zero-order chi connectivity index (χ0) is 15.4. The average Bonchev–Trinajstić information content (AvgIpc) is 2.43. The average molecular weight is 296 g/mol. The molecule has 0 atom stereocenters. The lowest BCUT2D eigenvalue weighted by Crippen LogP contribution is -1.98. The fourth-order valence-corrected chi connectivity index (χ4v) is 1.26. The molecular formula is C14H16O5S.